The summed E-state index contributed by atoms with van der Waals surface area (Å²) in [4.78, 5) is 31.1. The second-order valence-electron chi connectivity index (χ2n) is 11.0. The van der Waals surface area contributed by atoms with Crippen molar-refractivity contribution in [2.24, 2.45) is 5.73 Å². The molecule has 48 heavy (non-hydrogen) atoms. The van der Waals surface area contributed by atoms with E-state index in [1.807, 2.05) is 11.0 Å². The normalized spacial score (nSPS) is 16.9. The van der Waals surface area contributed by atoms with Gasteiger partial charge in [0, 0.05) is 42.7 Å². The molecule has 1 saturated heterocycles. The Hall–Kier alpha value is -5.09. The van der Waals surface area contributed by atoms with E-state index < -0.39 is 40.5 Å². The van der Waals surface area contributed by atoms with Crippen LogP contribution < -0.4 is 26.0 Å². The summed E-state index contributed by atoms with van der Waals surface area (Å²) in [6.45, 7) is -1.31. The van der Waals surface area contributed by atoms with Crippen molar-refractivity contribution in [2.45, 2.75) is 43.0 Å². The third kappa shape index (κ3) is 8.63. The van der Waals surface area contributed by atoms with E-state index in [2.05, 4.69) is 25.5 Å². The van der Waals surface area contributed by atoms with Crippen molar-refractivity contribution in [1.29, 1.82) is 0 Å². The summed E-state index contributed by atoms with van der Waals surface area (Å²) in [5.41, 5.74) is 7.52. The van der Waals surface area contributed by atoms with Gasteiger partial charge in [0.25, 0.3) is 5.91 Å². The van der Waals surface area contributed by atoms with Crippen LogP contribution in [0.2, 0.25) is 0 Å². The zero-order chi connectivity index (χ0) is 34.3. The lowest BCUT2D eigenvalue weighted by Gasteiger charge is -2.26. The van der Waals surface area contributed by atoms with Crippen LogP contribution in [-0.4, -0.2) is 79.3 Å². The minimum absolute atomic E-state index is 0.0408. The highest BCUT2D eigenvalue weighted by Gasteiger charge is 2.35. The number of nitrogens with zero attached hydrogens (tertiary/aromatic N) is 4. The highest BCUT2D eigenvalue weighted by atomic mass is 32.2. The van der Waals surface area contributed by atoms with E-state index in [1.54, 1.807) is 78.7 Å². The zero-order valence-corrected chi connectivity index (χ0v) is 26.7. The number of carbonyl (C=O) groups excluding carboxylic acids is 2. The number of urea groups is 1. The number of rotatable bonds is 14. The second kappa shape index (κ2) is 15.2. The van der Waals surface area contributed by atoms with Gasteiger partial charge in [0.15, 0.2) is 9.84 Å². The predicted molar refractivity (Wildman–Crippen MR) is 172 cm³/mol. The van der Waals surface area contributed by atoms with Crippen LogP contribution in [0.25, 0.3) is 5.69 Å². The Balaban J connectivity index is 1.27. The van der Waals surface area contributed by atoms with E-state index in [4.69, 9.17) is 10.5 Å². The molecule has 0 spiro atoms. The molecule has 0 bridgehead atoms. The Morgan fingerprint density at radius 2 is 1.79 bits per heavy atom. The number of aromatic nitrogens is 3. The van der Waals surface area contributed by atoms with Crippen molar-refractivity contribution in [3.05, 3.63) is 96.4 Å². The quantitative estimate of drug-likeness (QED) is 0.180. The minimum Gasteiger partial charge on any atom is -0.472 e. The molecular formula is C32H35F2N7O6S. The van der Waals surface area contributed by atoms with E-state index in [0.717, 1.165) is 5.69 Å². The van der Waals surface area contributed by atoms with Crippen LogP contribution in [0.4, 0.5) is 19.3 Å². The van der Waals surface area contributed by atoms with Gasteiger partial charge in [0.2, 0.25) is 5.88 Å². The molecule has 2 aromatic carbocycles. The van der Waals surface area contributed by atoms with Crippen molar-refractivity contribution in [2.75, 3.05) is 30.3 Å². The van der Waals surface area contributed by atoms with Gasteiger partial charge in [-0.25, -0.2) is 22.9 Å². The molecule has 254 valence electrons. The largest absolute Gasteiger partial charge is 0.472 e. The van der Waals surface area contributed by atoms with Crippen molar-refractivity contribution < 1.29 is 36.3 Å². The lowest BCUT2D eigenvalue weighted by atomic mass is 10.1. The van der Waals surface area contributed by atoms with Gasteiger partial charge in [0.05, 0.1) is 47.8 Å². The molecule has 1 aliphatic rings. The highest BCUT2D eigenvalue weighted by molar-refractivity contribution is 7.91. The predicted octanol–water partition coefficient (Wildman–Crippen LogP) is 3.47. The van der Waals surface area contributed by atoms with E-state index in [-0.39, 0.29) is 29.9 Å². The highest BCUT2D eigenvalue weighted by Crippen LogP contribution is 2.29. The number of pyridine rings is 1. The molecule has 2 aromatic heterocycles. The van der Waals surface area contributed by atoms with Gasteiger partial charge < -0.3 is 30.7 Å². The fourth-order valence-electron chi connectivity index (χ4n) is 5.36. The van der Waals surface area contributed by atoms with Crippen LogP contribution in [0.3, 0.4) is 0 Å². The molecule has 3 amide bonds. The molecule has 13 nitrogen and oxygen atoms in total. The van der Waals surface area contributed by atoms with Gasteiger partial charge in [0.1, 0.15) is 6.10 Å². The van der Waals surface area contributed by atoms with Gasteiger partial charge in [-0.1, -0.05) is 19.1 Å². The Morgan fingerprint density at radius 3 is 2.40 bits per heavy atom. The summed E-state index contributed by atoms with van der Waals surface area (Å²) in [7, 11) is -3.42. The number of sulfone groups is 1. The number of ether oxygens (including phenoxy) is 2. The van der Waals surface area contributed by atoms with Gasteiger partial charge in [-0.3, -0.25) is 4.79 Å². The van der Waals surface area contributed by atoms with Crippen LogP contribution in [0.15, 0.2) is 90.2 Å². The number of alkyl halides is 2. The SMILES string of the molecule is CCS(=O)(=O)c1ccc([C@H](CNC(N)=O)NC(=O)c2ccc(N3C[C@@H](Oc4ccc(-n5cccn5)cn4)C[C@H]3COC(F)F)cc2)cc1. The number of amides is 3. The van der Waals surface area contributed by atoms with Crippen LogP contribution in [0.5, 0.6) is 5.88 Å². The molecule has 3 heterocycles. The van der Waals surface area contributed by atoms with Crippen LogP contribution in [0.1, 0.15) is 35.3 Å². The molecule has 0 aliphatic carbocycles. The lowest BCUT2D eigenvalue weighted by molar-refractivity contribution is -0.131. The maximum absolute atomic E-state index is 13.3. The Kier molecular flexibility index (Phi) is 10.9. The number of carbonyl (C=O) groups is 2. The summed E-state index contributed by atoms with van der Waals surface area (Å²) in [5.74, 6) is -0.150. The van der Waals surface area contributed by atoms with Crippen molar-refractivity contribution >= 4 is 27.5 Å². The molecule has 4 N–H and O–H groups in total. The van der Waals surface area contributed by atoms with Gasteiger partial charge in [-0.05, 0) is 54.1 Å². The summed E-state index contributed by atoms with van der Waals surface area (Å²) in [5, 5.41) is 9.49. The molecule has 5 rings (SSSR count). The lowest BCUT2D eigenvalue weighted by Crippen LogP contribution is -2.40. The maximum atomic E-state index is 13.3. The average molecular weight is 684 g/mol. The zero-order valence-electron chi connectivity index (χ0n) is 25.9. The summed E-state index contributed by atoms with van der Waals surface area (Å²) < 4.78 is 62.8. The van der Waals surface area contributed by atoms with E-state index in [1.165, 1.54) is 12.1 Å². The molecular weight excluding hydrogens is 648 g/mol. The van der Waals surface area contributed by atoms with E-state index >= 15 is 0 Å². The molecule has 3 atom stereocenters. The molecule has 4 aromatic rings. The molecule has 1 aliphatic heterocycles. The number of hydrogen-bond donors (Lipinski definition) is 3. The Labute approximate surface area is 276 Å². The van der Waals surface area contributed by atoms with Crippen molar-refractivity contribution in [3.63, 3.8) is 0 Å². The van der Waals surface area contributed by atoms with E-state index in [0.29, 0.717) is 35.7 Å². The van der Waals surface area contributed by atoms with Crippen molar-refractivity contribution in [1.82, 2.24) is 25.4 Å². The summed E-state index contributed by atoms with van der Waals surface area (Å²) in [6.07, 6.45) is 5.08. The van der Waals surface area contributed by atoms with E-state index in [9.17, 15) is 26.8 Å². The smallest absolute Gasteiger partial charge is 0.345 e. The second-order valence-corrected chi connectivity index (χ2v) is 13.2. The van der Waals surface area contributed by atoms with Crippen LogP contribution in [-0.2, 0) is 14.6 Å². The standard InChI is InChI=1S/C32H35F2N7O6S/c1-2-48(44,45)27-11-6-21(7-12-27)28(18-37-32(35)43)39-30(42)22-4-8-23(9-5-22)40-19-26(16-25(40)20-46-31(33)34)47-29-13-10-24(17-36-29)41-15-3-14-38-41/h3-15,17,25-26,28,31H,2,16,18-20H2,1H3,(H,39,42)(H3,35,37,43)/t25-,26-,28-/m0/s1. The number of benzene rings is 2. The first-order valence-electron chi connectivity index (χ1n) is 15.1. The first-order chi connectivity index (χ1) is 23.0. The van der Waals surface area contributed by atoms with Gasteiger partial charge in [-0.2, -0.15) is 13.9 Å². The first-order valence-corrected chi connectivity index (χ1v) is 16.7. The molecule has 16 heteroatoms. The first kappa shape index (κ1) is 34.3. The monoisotopic (exact) mass is 683 g/mol. The Morgan fingerprint density at radius 1 is 1.06 bits per heavy atom. The molecule has 0 radical (unpaired) electrons. The number of anilines is 1. The third-order valence-electron chi connectivity index (χ3n) is 7.84. The third-order valence-corrected chi connectivity index (χ3v) is 9.59. The molecule has 0 saturated carbocycles. The van der Waals surface area contributed by atoms with Crippen molar-refractivity contribution in [3.8, 4) is 11.6 Å². The fraction of sp³-hybridized carbons (Fsp3) is 0.312. The Bertz CT molecular complexity index is 1780. The van der Waals surface area contributed by atoms with Crippen LogP contribution in [0, 0.1) is 0 Å². The molecule has 1 fully saturated rings. The molecule has 0 unspecified atom stereocenters. The number of halogens is 2. The number of hydrogen-bond acceptors (Lipinski definition) is 9. The van der Waals surface area contributed by atoms with Gasteiger partial charge in [-0.15, -0.1) is 0 Å². The average Bonchev–Trinajstić information content (AvgIpc) is 3.77. The number of nitrogens with one attached hydrogen (secondary N) is 2. The summed E-state index contributed by atoms with van der Waals surface area (Å²) >= 11 is 0. The van der Waals surface area contributed by atoms with Crippen LogP contribution >= 0.6 is 0 Å². The summed E-state index contributed by atoms with van der Waals surface area (Å²) in [6, 6.07) is 16.0. The fourth-order valence-corrected chi connectivity index (χ4v) is 6.25. The minimum atomic E-state index is -3.42. The maximum Gasteiger partial charge on any atom is 0.345 e. The topological polar surface area (TPSA) is 171 Å². The number of primary amides is 1. The number of nitrogens with two attached hydrogens (primary N) is 1. The van der Waals surface area contributed by atoms with Gasteiger partial charge >= 0.3 is 12.6 Å².